The van der Waals surface area contributed by atoms with E-state index in [9.17, 15) is 19.7 Å². The molecule has 0 aliphatic heterocycles. The maximum atomic E-state index is 12.3. The van der Waals surface area contributed by atoms with Gasteiger partial charge in [0, 0.05) is 12.3 Å². The second-order valence-electron chi connectivity index (χ2n) is 5.76. The van der Waals surface area contributed by atoms with Crippen molar-refractivity contribution in [3.8, 4) is 0 Å². The predicted octanol–water partition coefficient (Wildman–Crippen LogP) is 2.21. The van der Waals surface area contributed by atoms with E-state index in [0.717, 1.165) is 12.0 Å². The number of carbonyl (C=O) groups excluding carboxylic acids is 2. The highest BCUT2D eigenvalue weighted by molar-refractivity contribution is 5.94. The zero-order valence-corrected chi connectivity index (χ0v) is 13.7. The van der Waals surface area contributed by atoms with E-state index in [1.807, 2.05) is 0 Å². The molecule has 0 radical (unpaired) electrons. The van der Waals surface area contributed by atoms with Crippen LogP contribution in [0, 0.1) is 17.0 Å². The van der Waals surface area contributed by atoms with Gasteiger partial charge in [0.15, 0.2) is 0 Å². The van der Waals surface area contributed by atoms with Crippen LogP contribution in [0.1, 0.15) is 26.3 Å². The van der Waals surface area contributed by atoms with Gasteiger partial charge < -0.3 is 9.47 Å². The fraction of sp³-hybridized carbons (Fsp3) is 0.500. The summed E-state index contributed by atoms with van der Waals surface area (Å²) in [7, 11) is 1.15. The highest BCUT2D eigenvalue weighted by Gasteiger charge is 2.31. The van der Waals surface area contributed by atoms with E-state index in [1.165, 1.54) is 12.3 Å². The van der Waals surface area contributed by atoms with Gasteiger partial charge in [0.2, 0.25) is 5.82 Å². The number of anilines is 1. The van der Waals surface area contributed by atoms with Crippen molar-refractivity contribution in [2.45, 2.75) is 33.3 Å². The van der Waals surface area contributed by atoms with Gasteiger partial charge in [-0.05, 0) is 33.3 Å². The third-order valence-corrected chi connectivity index (χ3v) is 2.57. The SMILES string of the molecule is COC(=O)CN(C(=O)OC(C)(C)C)c1ncc(C)cc1[N+](=O)[O-]. The molecule has 1 rings (SSSR count). The number of rotatable bonds is 4. The third-order valence-electron chi connectivity index (χ3n) is 2.57. The molecule has 1 heterocycles. The summed E-state index contributed by atoms with van der Waals surface area (Å²) in [5, 5.41) is 11.2. The molecule has 0 saturated heterocycles. The molecule has 0 fully saturated rings. The van der Waals surface area contributed by atoms with E-state index in [2.05, 4.69) is 9.72 Å². The number of pyridine rings is 1. The van der Waals surface area contributed by atoms with E-state index in [4.69, 9.17) is 4.74 Å². The number of esters is 1. The van der Waals surface area contributed by atoms with Gasteiger partial charge in [-0.3, -0.25) is 14.9 Å². The molecule has 0 spiro atoms. The van der Waals surface area contributed by atoms with Gasteiger partial charge in [-0.2, -0.15) is 0 Å². The second kappa shape index (κ2) is 7.03. The van der Waals surface area contributed by atoms with Crippen LogP contribution in [0.15, 0.2) is 12.3 Å². The molecule has 0 aliphatic carbocycles. The minimum atomic E-state index is -0.928. The summed E-state index contributed by atoms with van der Waals surface area (Å²) in [5.74, 6) is -1.03. The van der Waals surface area contributed by atoms with E-state index in [1.54, 1.807) is 27.7 Å². The largest absolute Gasteiger partial charge is 0.468 e. The number of methoxy groups -OCH3 is 1. The number of carbonyl (C=O) groups is 2. The average molecular weight is 325 g/mol. The normalized spacial score (nSPS) is 10.8. The van der Waals surface area contributed by atoms with E-state index >= 15 is 0 Å². The van der Waals surface area contributed by atoms with Crippen molar-refractivity contribution in [2.75, 3.05) is 18.6 Å². The predicted molar refractivity (Wildman–Crippen MR) is 81.2 cm³/mol. The van der Waals surface area contributed by atoms with Gasteiger partial charge in [0.25, 0.3) is 0 Å². The Morgan fingerprint density at radius 2 is 2.00 bits per heavy atom. The van der Waals surface area contributed by atoms with Crippen LogP contribution in [-0.2, 0) is 14.3 Å². The number of aromatic nitrogens is 1. The second-order valence-corrected chi connectivity index (χ2v) is 5.76. The molecule has 0 N–H and O–H groups in total. The molecular formula is C14H19N3O6. The highest BCUT2D eigenvalue weighted by atomic mass is 16.6. The van der Waals surface area contributed by atoms with Crippen LogP contribution in [0.4, 0.5) is 16.3 Å². The summed E-state index contributed by atoms with van der Waals surface area (Å²) < 4.78 is 9.70. The first kappa shape index (κ1) is 18.3. The molecule has 0 aromatic carbocycles. The Morgan fingerprint density at radius 3 is 2.48 bits per heavy atom. The fourth-order valence-electron chi connectivity index (χ4n) is 1.63. The van der Waals surface area contributed by atoms with Crippen LogP contribution in [0.25, 0.3) is 0 Å². The Labute approximate surface area is 133 Å². The van der Waals surface area contributed by atoms with Gasteiger partial charge >= 0.3 is 17.7 Å². The van der Waals surface area contributed by atoms with E-state index < -0.39 is 34.8 Å². The molecule has 0 bridgehead atoms. The maximum Gasteiger partial charge on any atom is 0.416 e. The molecule has 1 aromatic rings. The molecule has 0 saturated carbocycles. The molecule has 0 aliphatic rings. The smallest absolute Gasteiger partial charge is 0.416 e. The topological polar surface area (TPSA) is 112 Å². The maximum absolute atomic E-state index is 12.3. The monoisotopic (exact) mass is 325 g/mol. The van der Waals surface area contributed by atoms with Crippen molar-refractivity contribution in [2.24, 2.45) is 0 Å². The Morgan fingerprint density at radius 1 is 1.39 bits per heavy atom. The van der Waals surface area contributed by atoms with Crippen LogP contribution >= 0.6 is 0 Å². The van der Waals surface area contributed by atoms with E-state index in [0.29, 0.717) is 5.56 Å². The summed E-state index contributed by atoms with van der Waals surface area (Å²) in [6.45, 7) is 5.98. The Kier molecular flexibility index (Phi) is 5.61. The minimum absolute atomic E-state index is 0.278. The number of nitrogens with zero attached hydrogens (tertiary/aromatic N) is 3. The Bertz CT molecular complexity index is 623. The Balaban J connectivity index is 3.32. The third kappa shape index (κ3) is 5.20. The number of hydrogen-bond donors (Lipinski definition) is 0. The van der Waals surface area contributed by atoms with Crippen molar-refractivity contribution < 1.29 is 24.0 Å². The lowest BCUT2D eigenvalue weighted by Gasteiger charge is -2.25. The lowest BCUT2D eigenvalue weighted by atomic mass is 10.2. The first-order valence-corrected chi connectivity index (χ1v) is 6.73. The van der Waals surface area contributed by atoms with E-state index in [-0.39, 0.29) is 5.82 Å². The zero-order valence-electron chi connectivity index (χ0n) is 13.7. The lowest BCUT2D eigenvalue weighted by molar-refractivity contribution is -0.384. The number of aryl methyl sites for hydroxylation is 1. The van der Waals surface area contributed by atoms with Crippen molar-refractivity contribution >= 4 is 23.6 Å². The molecule has 1 aromatic heterocycles. The summed E-state index contributed by atoms with van der Waals surface area (Å²) in [6, 6.07) is 1.26. The first-order chi connectivity index (χ1) is 10.5. The molecular weight excluding hydrogens is 306 g/mol. The van der Waals surface area contributed by atoms with Crippen molar-refractivity contribution in [1.82, 2.24) is 4.98 Å². The number of hydrogen-bond acceptors (Lipinski definition) is 7. The van der Waals surface area contributed by atoms with Crippen LogP contribution < -0.4 is 4.90 Å². The number of amides is 1. The van der Waals surface area contributed by atoms with Gasteiger partial charge in [0.1, 0.15) is 12.1 Å². The summed E-state index contributed by atoms with van der Waals surface area (Å²) >= 11 is 0. The molecule has 23 heavy (non-hydrogen) atoms. The van der Waals surface area contributed by atoms with Gasteiger partial charge in [-0.15, -0.1) is 0 Å². The number of ether oxygens (including phenoxy) is 2. The highest BCUT2D eigenvalue weighted by Crippen LogP contribution is 2.27. The summed E-state index contributed by atoms with van der Waals surface area (Å²) in [5.41, 5.74) is -0.701. The average Bonchev–Trinajstić information content (AvgIpc) is 2.42. The molecule has 126 valence electrons. The molecule has 1 amide bonds. The summed E-state index contributed by atoms with van der Waals surface area (Å²) in [4.78, 5) is 39.1. The number of nitro groups is 1. The van der Waals surface area contributed by atoms with Gasteiger partial charge in [-0.25, -0.2) is 14.7 Å². The Hall–Kier alpha value is -2.71. The van der Waals surface area contributed by atoms with Crippen molar-refractivity contribution in [3.63, 3.8) is 0 Å². The van der Waals surface area contributed by atoms with Crippen LogP contribution in [0.3, 0.4) is 0 Å². The standard InChI is InChI=1S/C14H19N3O6/c1-9-6-10(17(20)21)12(15-7-9)16(8-11(18)22-5)13(19)23-14(2,3)4/h6-7H,8H2,1-5H3. The van der Waals surface area contributed by atoms with Crippen LogP contribution in [-0.4, -0.2) is 41.2 Å². The molecule has 9 nitrogen and oxygen atoms in total. The zero-order chi connectivity index (χ0) is 17.8. The molecule has 0 unspecified atom stereocenters. The lowest BCUT2D eigenvalue weighted by Crippen LogP contribution is -2.41. The fourth-order valence-corrected chi connectivity index (χ4v) is 1.63. The van der Waals surface area contributed by atoms with Gasteiger partial charge in [0.05, 0.1) is 12.0 Å². The summed E-state index contributed by atoms with van der Waals surface area (Å²) in [6.07, 6.45) is 0.430. The van der Waals surface area contributed by atoms with Gasteiger partial charge in [-0.1, -0.05) is 0 Å². The van der Waals surface area contributed by atoms with Crippen molar-refractivity contribution in [3.05, 3.63) is 27.9 Å². The molecule has 9 heteroatoms. The molecule has 0 atom stereocenters. The van der Waals surface area contributed by atoms with Crippen LogP contribution in [0.5, 0.6) is 0 Å². The van der Waals surface area contributed by atoms with Crippen LogP contribution in [0.2, 0.25) is 0 Å². The first-order valence-electron chi connectivity index (χ1n) is 6.73. The van der Waals surface area contributed by atoms with Crippen molar-refractivity contribution in [1.29, 1.82) is 0 Å². The quantitative estimate of drug-likeness (QED) is 0.474. The minimum Gasteiger partial charge on any atom is -0.468 e.